The van der Waals surface area contributed by atoms with E-state index in [-0.39, 0.29) is 53.5 Å². The van der Waals surface area contributed by atoms with Gasteiger partial charge in [0, 0.05) is 17.7 Å². The third-order valence-corrected chi connectivity index (χ3v) is 11.9. The number of benzene rings is 2. The summed E-state index contributed by atoms with van der Waals surface area (Å²) in [6, 6.07) is 8.91. The number of aliphatic hydroxyl groups excluding tert-OH is 3. The average molecular weight is 771 g/mol. The van der Waals surface area contributed by atoms with Crippen molar-refractivity contribution in [2.45, 2.75) is 130 Å². The second-order valence-corrected chi connectivity index (χ2v) is 16.6. The Morgan fingerprint density at radius 1 is 0.891 bits per heavy atom. The van der Waals surface area contributed by atoms with Gasteiger partial charge in [-0.05, 0) is 66.7 Å². The molecule has 11 heteroatoms. The number of aromatic hydroxyl groups is 2. The lowest BCUT2D eigenvalue weighted by Gasteiger charge is -2.47. The van der Waals surface area contributed by atoms with Gasteiger partial charge in [0.15, 0.2) is 5.76 Å². The van der Waals surface area contributed by atoms with Crippen LogP contribution in [0.15, 0.2) is 45.6 Å². The van der Waals surface area contributed by atoms with Gasteiger partial charge in [-0.2, -0.15) is 0 Å². The highest BCUT2D eigenvalue weighted by molar-refractivity contribution is 5.88. The largest absolute Gasteiger partial charge is 0.508 e. The molecule has 0 amide bonds. The zero-order chi connectivity index (χ0) is 40.4. The Hall–Kier alpha value is -3.35. The minimum Gasteiger partial charge on any atom is -0.508 e. The first-order chi connectivity index (χ1) is 26.1. The maximum absolute atomic E-state index is 13.8. The highest BCUT2D eigenvalue weighted by atomic mass is 16.6. The molecule has 55 heavy (non-hydrogen) atoms. The van der Waals surface area contributed by atoms with Gasteiger partial charge in [-0.1, -0.05) is 87.0 Å². The number of fused-ring (bicyclic) bond motifs is 1. The number of ether oxygens (including phenoxy) is 4. The fourth-order valence-corrected chi connectivity index (χ4v) is 7.44. The van der Waals surface area contributed by atoms with Gasteiger partial charge in [0.25, 0.3) is 0 Å². The number of rotatable bonds is 21. The molecule has 1 aliphatic heterocycles. The smallest absolute Gasteiger partial charge is 0.239 e. The van der Waals surface area contributed by atoms with Crippen LogP contribution in [-0.4, -0.2) is 82.5 Å². The quantitative estimate of drug-likeness (QED) is 0.0716. The van der Waals surface area contributed by atoms with Crippen molar-refractivity contribution in [1.29, 1.82) is 0 Å². The lowest BCUT2D eigenvalue weighted by atomic mass is 9.84. The summed E-state index contributed by atoms with van der Waals surface area (Å²) in [6.07, 6.45) is 4.13. The molecule has 1 aliphatic rings. The SMILES string of the molecule is CCC(C)C(CCC(C)CCCC(C)C(C)CCC(C)C)OC1(CO)COC(COc2c(-c3ccc(OC)cc3)oc3cc(O)cc(O)c3c2=O)C(O)C1O. The van der Waals surface area contributed by atoms with E-state index in [4.69, 9.17) is 23.4 Å². The normalized spacial score (nSPS) is 23.0. The molecule has 3 aromatic rings. The van der Waals surface area contributed by atoms with Gasteiger partial charge in [0.1, 0.15) is 58.7 Å². The Kier molecular flexibility index (Phi) is 16.3. The summed E-state index contributed by atoms with van der Waals surface area (Å²) < 4.78 is 29.9. The van der Waals surface area contributed by atoms with Crippen LogP contribution in [0.1, 0.15) is 99.8 Å². The van der Waals surface area contributed by atoms with E-state index in [1.807, 2.05) is 0 Å². The Balaban J connectivity index is 1.44. The van der Waals surface area contributed by atoms with Gasteiger partial charge in [-0.3, -0.25) is 4.79 Å². The van der Waals surface area contributed by atoms with Crippen molar-refractivity contribution >= 4 is 11.0 Å². The Morgan fingerprint density at radius 2 is 1.58 bits per heavy atom. The topological polar surface area (TPSA) is 168 Å². The van der Waals surface area contributed by atoms with E-state index >= 15 is 0 Å². The van der Waals surface area contributed by atoms with Crippen LogP contribution in [-0.2, 0) is 9.47 Å². The van der Waals surface area contributed by atoms with Crippen LogP contribution in [0.4, 0.5) is 0 Å². The molecule has 9 unspecified atom stereocenters. The van der Waals surface area contributed by atoms with Gasteiger partial charge in [-0.15, -0.1) is 0 Å². The van der Waals surface area contributed by atoms with Crippen molar-refractivity contribution in [3.05, 3.63) is 46.6 Å². The van der Waals surface area contributed by atoms with E-state index < -0.39 is 41.7 Å². The third-order valence-electron chi connectivity index (χ3n) is 11.9. The van der Waals surface area contributed by atoms with E-state index in [9.17, 15) is 30.3 Å². The maximum Gasteiger partial charge on any atom is 0.239 e. The van der Waals surface area contributed by atoms with Gasteiger partial charge in [0.2, 0.25) is 11.2 Å². The molecule has 0 radical (unpaired) electrons. The number of phenols is 2. The van der Waals surface area contributed by atoms with E-state index in [0.717, 1.165) is 43.6 Å². The molecule has 4 rings (SSSR count). The fraction of sp³-hybridized carbons (Fsp3) is 0.659. The Morgan fingerprint density at radius 3 is 2.22 bits per heavy atom. The van der Waals surface area contributed by atoms with Crippen LogP contribution >= 0.6 is 0 Å². The molecule has 0 spiro atoms. The lowest BCUT2D eigenvalue weighted by Crippen LogP contribution is -2.66. The van der Waals surface area contributed by atoms with Crippen LogP contribution < -0.4 is 14.9 Å². The molecule has 0 aliphatic carbocycles. The molecule has 1 saturated heterocycles. The van der Waals surface area contributed by atoms with Gasteiger partial charge >= 0.3 is 0 Å². The summed E-state index contributed by atoms with van der Waals surface area (Å²) >= 11 is 0. The zero-order valence-corrected chi connectivity index (χ0v) is 34.1. The number of aliphatic hydroxyl groups is 3. The molecule has 308 valence electrons. The van der Waals surface area contributed by atoms with Crippen molar-refractivity contribution < 1.29 is 48.9 Å². The van der Waals surface area contributed by atoms with Gasteiger partial charge in [0.05, 0.1) is 26.4 Å². The van der Waals surface area contributed by atoms with Crippen LogP contribution in [0.3, 0.4) is 0 Å². The van der Waals surface area contributed by atoms with E-state index in [1.165, 1.54) is 38.9 Å². The fourth-order valence-electron chi connectivity index (χ4n) is 7.44. The van der Waals surface area contributed by atoms with Crippen LogP contribution in [0.25, 0.3) is 22.3 Å². The van der Waals surface area contributed by atoms with Gasteiger partial charge in [-0.25, -0.2) is 0 Å². The summed E-state index contributed by atoms with van der Waals surface area (Å²) in [5, 5.41) is 54.0. The standard InChI is InChI=1S/C44H66O11/c1-9-28(5)35(20-14-27(4)11-10-12-29(6)30(7)15-13-26(2)3)55-44(24-45)25-53-37(39(48)43(44)50)23-52-42-40(49)38-34(47)21-32(46)22-36(38)54-41(42)31-16-18-33(51-8)19-17-31/h16-19,21-22,26-30,35,37,39,43,45-48,50H,9-15,20,23-25H2,1-8H3. The second-order valence-electron chi connectivity index (χ2n) is 16.6. The van der Waals surface area contributed by atoms with Crippen molar-refractivity contribution in [2.24, 2.45) is 29.6 Å². The first-order valence-corrected chi connectivity index (χ1v) is 20.2. The molecule has 9 atom stereocenters. The number of hydrogen-bond acceptors (Lipinski definition) is 11. The second kappa shape index (κ2) is 20.2. The summed E-state index contributed by atoms with van der Waals surface area (Å²) in [4.78, 5) is 13.8. The zero-order valence-electron chi connectivity index (χ0n) is 34.1. The van der Waals surface area contributed by atoms with Crippen molar-refractivity contribution in [2.75, 3.05) is 26.9 Å². The minimum absolute atomic E-state index is 0.0142. The van der Waals surface area contributed by atoms with Crippen LogP contribution in [0, 0.1) is 29.6 Å². The van der Waals surface area contributed by atoms with Crippen molar-refractivity contribution in [1.82, 2.24) is 0 Å². The van der Waals surface area contributed by atoms with Crippen LogP contribution in [0.2, 0.25) is 0 Å². The molecule has 5 N–H and O–H groups in total. The number of hydrogen-bond donors (Lipinski definition) is 5. The monoisotopic (exact) mass is 770 g/mol. The molecule has 0 bridgehead atoms. The van der Waals surface area contributed by atoms with E-state index in [2.05, 4.69) is 48.5 Å². The minimum atomic E-state index is -1.57. The maximum atomic E-state index is 13.8. The molecule has 11 nitrogen and oxygen atoms in total. The predicted molar refractivity (Wildman–Crippen MR) is 214 cm³/mol. The highest BCUT2D eigenvalue weighted by Gasteiger charge is 2.52. The highest BCUT2D eigenvalue weighted by Crippen LogP contribution is 2.38. The summed E-state index contributed by atoms with van der Waals surface area (Å²) in [6.45, 7) is 14.6. The molecular weight excluding hydrogens is 704 g/mol. The number of phenolic OH excluding ortho intramolecular Hbond substituents is 2. The summed E-state index contributed by atoms with van der Waals surface area (Å²) in [5.74, 6) is 2.31. The first-order valence-electron chi connectivity index (χ1n) is 20.2. The predicted octanol–water partition coefficient (Wildman–Crippen LogP) is 7.84. The van der Waals surface area contributed by atoms with Crippen molar-refractivity contribution in [3.8, 4) is 34.3 Å². The molecule has 2 aromatic carbocycles. The number of methoxy groups -OCH3 is 1. The molecule has 2 heterocycles. The first kappa shape index (κ1) is 44.4. The van der Waals surface area contributed by atoms with Gasteiger partial charge < -0.3 is 48.9 Å². The van der Waals surface area contributed by atoms with E-state index in [1.54, 1.807) is 24.3 Å². The molecule has 0 saturated carbocycles. The molecule has 1 aromatic heterocycles. The van der Waals surface area contributed by atoms with E-state index in [0.29, 0.717) is 23.1 Å². The lowest BCUT2D eigenvalue weighted by molar-refractivity contribution is -0.282. The Labute approximate surface area is 326 Å². The summed E-state index contributed by atoms with van der Waals surface area (Å²) in [7, 11) is 1.52. The van der Waals surface area contributed by atoms with Crippen LogP contribution in [0.5, 0.6) is 23.0 Å². The average Bonchev–Trinajstić information content (AvgIpc) is 3.16. The third kappa shape index (κ3) is 11.2. The summed E-state index contributed by atoms with van der Waals surface area (Å²) in [5.41, 5.74) is -1.89. The van der Waals surface area contributed by atoms with Crippen molar-refractivity contribution in [3.63, 3.8) is 0 Å². The Bertz CT molecular complexity index is 1690. The molecule has 1 fully saturated rings. The molecular formula is C44H66O11.